The Balaban J connectivity index is 1.51. The number of nitrogens with one attached hydrogen (secondary N) is 1. The molecule has 7 heteroatoms. The molecule has 0 saturated carbocycles. The summed E-state index contributed by atoms with van der Waals surface area (Å²) in [6.45, 7) is 1.21. The van der Waals surface area contributed by atoms with Crippen molar-refractivity contribution < 1.29 is 14.5 Å². The number of aromatic amines is 1. The maximum absolute atomic E-state index is 13.0. The van der Waals surface area contributed by atoms with E-state index >= 15 is 0 Å². The molecule has 1 amide bonds. The van der Waals surface area contributed by atoms with Gasteiger partial charge in [0.15, 0.2) is 0 Å². The monoisotopic (exact) mass is 379 g/mol. The second-order valence-corrected chi connectivity index (χ2v) is 7.00. The number of benzene rings is 2. The van der Waals surface area contributed by atoms with Gasteiger partial charge in [0.25, 0.3) is 11.6 Å². The number of nitro groups is 1. The van der Waals surface area contributed by atoms with Crippen molar-refractivity contribution in [3.8, 4) is 5.75 Å². The van der Waals surface area contributed by atoms with Crippen molar-refractivity contribution >= 4 is 22.5 Å². The van der Waals surface area contributed by atoms with Gasteiger partial charge < -0.3 is 14.6 Å². The smallest absolute Gasteiger partial charge is 0.270 e. The van der Waals surface area contributed by atoms with Crippen LogP contribution in [0.5, 0.6) is 5.75 Å². The topological polar surface area (TPSA) is 88.5 Å². The molecule has 0 bridgehead atoms. The van der Waals surface area contributed by atoms with Crippen LogP contribution in [0.2, 0.25) is 0 Å². The lowest BCUT2D eigenvalue weighted by molar-refractivity contribution is -0.384. The maximum atomic E-state index is 13.0. The summed E-state index contributed by atoms with van der Waals surface area (Å²) in [5, 5.41) is 12.3. The fraction of sp³-hybridized carbons (Fsp3) is 0.286. The van der Waals surface area contributed by atoms with Gasteiger partial charge >= 0.3 is 0 Å². The van der Waals surface area contributed by atoms with Crippen LogP contribution in [0.4, 0.5) is 5.69 Å². The van der Waals surface area contributed by atoms with Gasteiger partial charge in [0, 0.05) is 42.3 Å². The first-order valence-corrected chi connectivity index (χ1v) is 9.26. The number of fused-ring (bicyclic) bond motifs is 1. The Kier molecular flexibility index (Phi) is 4.73. The van der Waals surface area contributed by atoms with E-state index in [1.165, 1.54) is 36.3 Å². The third-order valence-electron chi connectivity index (χ3n) is 5.47. The van der Waals surface area contributed by atoms with E-state index in [9.17, 15) is 14.9 Å². The number of hydrogen-bond acceptors (Lipinski definition) is 4. The van der Waals surface area contributed by atoms with Crippen molar-refractivity contribution in [3.05, 3.63) is 69.9 Å². The van der Waals surface area contributed by atoms with Crippen LogP contribution in [0, 0.1) is 10.1 Å². The number of hydrogen-bond donors (Lipinski definition) is 1. The van der Waals surface area contributed by atoms with Crippen LogP contribution >= 0.6 is 0 Å². The molecule has 0 unspecified atom stereocenters. The number of likely N-dealkylation sites (tertiary alicyclic amines) is 1. The molecule has 1 aliphatic rings. The zero-order valence-electron chi connectivity index (χ0n) is 15.6. The Hall–Kier alpha value is -3.35. The first-order chi connectivity index (χ1) is 13.6. The molecule has 4 rings (SSSR count). The van der Waals surface area contributed by atoms with E-state index in [0.29, 0.717) is 24.8 Å². The van der Waals surface area contributed by atoms with Crippen LogP contribution in [-0.4, -0.2) is 40.9 Å². The standard InChI is InChI=1S/C21H21N3O4/c1-28-20-7-6-15(24(26)27)12-17(20)21(25)23-10-8-14(9-11-23)18-13-22-19-5-3-2-4-16(18)19/h2-7,12-14,22H,8-11H2,1H3. The second kappa shape index (κ2) is 7.34. The van der Waals surface area contributed by atoms with Crippen LogP contribution in [0.3, 0.4) is 0 Å². The number of carbonyl (C=O) groups excluding carboxylic acids is 1. The van der Waals surface area contributed by atoms with Crippen LogP contribution in [-0.2, 0) is 0 Å². The normalized spacial score (nSPS) is 15.0. The van der Waals surface area contributed by atoms with Gasteiger partial charge in [-0.2, -0.15) is 0 Å². The molecule has 1 aliphatic heterocycles. The number of methoxy groups -OCH3 is 1. The zero-order chi connectivity index (χ0) is 19.7. The molecule has 28 heavy (non-hydrogen) atoms. The summed E-state index contributed by atoms with van der Waals surface area (Å²) in [4.78, 5) is 28.6. The van der Waals surface area contributed by atoms with E-state index in [0.717, 1.165) is 18.4 Å². The Morgan fingerprint density at radius 3 is 2.68 bits per heavy atom. The number of rotatable bonds is 4. The molecule has 1 aromatic heterocycles. The summed E-state index contributed by atoms with van der Waals surface area (Å²) in [6.07, 6.45) is 3.77. The van der Waals surface area contributed by atoms with E-state index in [-0.39, 0.29) is 17.2 Å². The summed E-state index contributed by atoms with van der Waals surface area (Å²) in [5.74, 6) is 0.513. The highest BCUT2D eigenvalue weighted by molar-refractivity contribution is 5.97. The predicted octanol–water partition coefficient (Wildman–Crippen LogP) is 4.10. The van der Waals surface area contributed by atoms with Crippen molar-refractivity contribution in [2.75, 3.05) is 20.2 Å². The average Bonchev–Trinajstić information content (AvgIpc) is 3.17. The highest BCUT2D eigenvalue weighted by Crippen LogP contribution is 2.34. The lowest BCUT2D eigenvalue weighted by Crippen LogP contribution is -2.38. The summed E-state index contributed by atoms with van der Waals surface area (Å²) < 4.78 is 5.25. The number of non-ortho nitro benzene ring substituents is 1. The lowest BCUT2D eigenvalue weighted by Gasteiger charge is -2.32. The number of amides is 1. The molecular formula is C21H21N3O4. The third kappa shape index (κ3) is 3.19. The van der Waals surface area contributed by atoms with E-state index < -0.39 is 4.92 Å². The first-order valence-electron chi connectivity index (χ1n) is 9.26. The average molecular weight is 379 g/mol. The van der Waals surface area contributed by atoms with Crippen molar-refractivity contribution in [1.29, 1.82) is 0 Å². The SMILES string of the molecule is COc1ccc([N+](=O)[O-])cc1C(=O)N1CCC(c2c[nH]c3ccccc23)CC1. The maximum Gasteiger partial charge on any atom is 0.270 e. The van der Waals surface area contributed by atoms with Crippen molar-refractivity contribution in [2.45, 2.75) is 18.8 Å². The predicted molar refractivity (Wildman–Crippen MR) is 106 cm³/mol. The number of para-hydroxylation sites is 1. The van der Waals surface area contributed by atoms with Gasteiger partial charge in [0.1, 0.15) is 5.75 Å². The van der Waals surface area contributed by atoms with Gasteiger partial charge in [-0.15, -0.1) is 0 Å². The molecule has 1 saturated heterocycles. The van der Waals surface area contributed by atoms with Crippen LogP contribution in [0.15, 0.2) is 48.7 Å². The third-order valence-corrected chi connectivity index (χ3v) is 5.47. The molecular weight excluding hydrogens is 358 g/mol. The van der Waals surface area contributed by atoms with E-state index in [1.807, 2.05) is 12.1 Å². The molecule has 0 radical (unpaired) electrons. The number of carbonyl (C=O) groups is 1. The van der Waals surface area contributed by atoms with Gasteiger partial charge in [0.05, 0.1) is 17.6 Å². The van der Waals surface area contributed by atoms with Gasteiger partial charge in [-0.1, -0.05) is 18.2 Å². The minimum Gasteiger partial charge on any atom is -0.496 e. The van der Waals surface area contributed by atoms with Gasteiger partial charge in [-0.3, -0.25) is 14.9 Å². The molecule has 2 aromatic carbocycles. The fourth-order valence-electron chi connectivity index (χ4n) is 3.97. The Morgan fingerprint density at radius 1 is 1.21 bits per heavy atom. The molecule has 2 heterocycles. The largest absolute Gasteiger partial charge is 0.496 e. The van der Waals surface area contributed by atoms with E-state index in [1.54, 1.807) is 4.90 Å². The zero-order valence-corrected chi connectivity index (χ0v) is 15.6. The lowest BCUT2D eigenvalue weighted by atomic mass is 9.89. The second-order valence-electron chi connectivity index (χ2n) is 7.00. The first kappa shape index (κ1) is 18.0. The molecule has 7 nitrogen and oxygen atoms in total. The minimum atomic E-state index is -0.501. The molecule has 1 fully saturated rings. The summed E-state index contributed by atoms with van der Waals surface area (Å²) in [5.41, 5.74) is 2.54. The number of ether oxygens (including phenoxy) is 1. The fourth-order valence-corrected chi connectivity index (χ4v) is 3.97. The van der Waals surface area contributed by atoms with Gasteiger partial charge in [-0.05, 0) is 36.5 Å². The molecule has 0 atom stereocenters. The van der Waals surface area contributed by atoms with Crippen molar-refractivity contribution in [3.63, 3.8) is 0 Å². The molecule has 1 N–H and O–H groups in total. The summed E-state index contributed by atoms with van der Waals surface area (Å²) in [6, 6.07) is 12.3. The number of piperidine rings is 1. The number of H-pyrrole nitrogens is 1. The molecule has 0 spiro atoms. The van der Waals surface area contributed by atoms with Gasteiger partial charge in [0.2, 0.25) is 0 Å². The molecule has 144 valence electrons. The highest BCUT2D eigenvalue weighted by Gasteiger charge is 2.28. The number of nitrogens with zero attached hydrogens (tertiary/aromatic N) is 2. The van der Waals surface area contributed by atoms with Crippen LogP contribution in [0.25, 0.3) is 10.9 Å². The van der Waals surface area contributed by atoms with Gasteiger partial charge in [-0.25, -0.2) is 0 Å². The number of nitro benzene ring substituents is 1. The Bertz CT molecular complexity index is 1040. The molecule has 0 aliphatic carbocycles. The Labute approximate surface area is 162 Å². The van der Waals surface area contributed by atoms with Crippen molar-refractivity contribution in [2.24, 2.45) is 0 Å². The summed E-state index contributed by atoms with van der Waals surface area (Å²) in [7, 11) is 1.46. The number of aromatic nitrogens is 1. The van der Waals surface area contributed by atoms with Crippen molar-refractivity contribution in [1.82, 2.24) is 9.88 Å². The highest BCUT2D eigenvalue weighted by atomic mass is 16.6. The summed E-state index contributed by atoms with van der Waals surface area (Å²) >= 11 is 0. The van der Waals surface area contributed by atoms with Crippen LogP contribution < -0.4 is 4.74 Å². The van der Waals surface area contributed by atoms with Crippen LogP contribution in [0.1, 0.15) is 34.7 Å². The quantitative estimate of drug-likeness (QED) is 0.546. The minimum absolute atomic E-state index is 0.113. The van der Waals surface area contributed by atoms with E-state index in [2.05, 4.69) is 23.3 Å². The molecule has 3 aromatic rings. The Morgan fingerprint density at radius 2 is 1.96 bits per heavy atom. The van der Waals surface area contributed by atoms with E-state index in [4.69, 9.17) is 4.74 Å².